The smallest absolute Gasteiger partial charge is 0.340 e. The van der Waals surface area contributed by atoms with E-state index in [1.54, 1.807) is 0 Å². The first-order valence-electron chi connectivity index (χ1n) is 6.10. The summed E-state index contributed by atoms with van der Waals surface area (Å²) in [6, 6.07) is 2.49. The van der Waals surface area contributed by atoms with Crippen molar-refractivity contribution in [3.63, 3.8) is 0 Å². The van der Waals surface area contributed by atoms with Gasteiger partial charge in [0.15, 0.2) is 5.13 Å². The molecule has 0 atom stereocenters. The zero-order valence-electron chi connectivity index (χ0n) is 10.4. The van der Waals surface area contributed by atoms with Crippen LogP contribution in [-0.2, 0) is 0 Å². The molecule has 7 heteroatoms. The molecule has 0 unspecified atom stereocenters. The topological polar surface area (TPSA) is 88.2 Å². The number of nitrogens with zero attached hydrogens (tertiary/aromatic N) is 1. The number of aromatic carboxylic acids is 1. The molecule has 3 rings (SSSR count). The molecule has 1 aromatic heterocycles. The summed E-state index contributed by atoms with van der Waals surface area (Å²) in [7, 11) is 0. The lowest BCUT2D eigenvalue weighted by molar-refractivity contribution is 0.0698. The molecule has 0 bridgehead atoms. The fourth-order valence-corrected chi connectivity index (χ4v) is 2.76. The van der Waals surface area contributed by atoms with Crippen molar-refractivity contribution in [2.24, 2.45) is 0 Å². The van der Waals surface area contributed by atoms with Crippen molar-refractivity contribution < 1.29 is 14.3 Å². The number of rotatable bonds is 4. The van der Waals surface area contributed by atoms with Crippen LogP contribution in [0.2, 0.25) is 0 Å². The largest absolute Gasteiger partial charge is 0.478 e. The van der Waals surface area contributed by atoms with Gasteiger partial charge < -0.3 is 16.2 Å². The summed E-state index contributed by atoms with van der Waals surface area (Å²) in [6.07, 6.45) is 2.29. The highest BCUT2D eigenvalue weighted by Gasteiger charge is 2.26. The van der Waals surface area contributed by atoms with Crippen molar-refractivity contribution in [2.75, 3.05) is 11.1 Å². The maximum Gasteiger partial charge on any atom is 0.340 e. The Morgan fingerprint density at radius 2 is 2.25 bits per heavy atom. The molecule has 0 amide bonds. The normalized spacial score (nSPS) is 14.2. The molecule has 4 N–H and O–H groups in total. The van der Waals surface area contributed by atoms with Gasteiger partial charge in [-0.05, 0) is 25.0 Å². The van der Waals surface area contributed by atoms with E-state index in [2.05, 4.69) is 10.3 Å². The van der Waals surface area contributed by atoms with Gasteiger partial charge >= 0.3 is 5.97 Å². The number of nitrogens with two attached hydrogens (primary N) is 1. The zero-order valence-corrected chi connectivity index (χ0v) is 11.2. The molecule has 1 aliphatic rings. The standard InChI is InChI=1S/C13H12FN3O2S/c14-7-3-4-8(10(11(7)15)12(18)19)16-13-17-9(5-20-13)6-1-2-6/h3-6H,1-2,15H2,(H,16,17)(H,18,19). The van der Waals surface area contributed by atoms with Crippen molar-refractivity contribution in [2.45, 2.75) is 18.8 Å². The first-order chi connectivity index (χ1) is 9.56. The van der Waals surface area contributed by atoms with Gasteiger partial charge in [-0.2, -0.15) is 0 Å². The van der Waals surface area contributed by atoms with E-state index in [0.29, 0.717) is 11.0 Å². The third-order valence-corrected chi connectivity index (χ3v) is 3.94. The van der Waals surface area contributed by atoms with Crippen LogP contribution in [0.25, 0.3) is 0 Å². The van der Waals surface area contributed by atoms with Crippen molar-refractivity contribution in [1.82, 2.24) is 4.98 Å². The number of thiazole rings is 1. The number of carboxylic acids is 1. The van der Waals surface area contributed by atoms with E-state index >= 15 is 0 Å². The summed E-state index contributed by atoms with van der Waals surface area (Å²) >= 11 is 1.39. The molecular weight excluding hydrogens is 281 g/mol. The van der Waals surface area contributed by atoms with Gasteiger partial charge in [0.1, 0.15) is 11.4 Å². The zero-order chi connectivity index (χ0) is 14.3. The lowest BCUT2D eigenvalue weighted by Crippen LogP contribution is -2.08. The second-order valence-electron chi connectivity index (χ2n) is 4.67. The molecule has 2 aromatic rings. The third-order valence-electron chi connectivity index (χ3n) is 3.17. The van der Waals surface area contributed by atoms with E-state index in [4.69, 9.17) is 10.8 Å². The van der Waals surface area contributed by atoms with E-state index in [9.17, 15) is 9.18 Å². The lowest BCUT2D eigenvalue weighted by Gasteiger charge is -2.09. The maximum atomic E-state index is 13.3. The monoisotopic (exact) mass is 293 g/mol. The number of halogens is 1. The van der Waals surface area contributed by atoms with Crippen molar-refractivity contribution >= 4 is 33.8 Å². The summed E-state index contributed by atoms with van der Waals surface area (Å²) in [6.45, 7) is 0. The Balaban J connectivity index is 1.92. The molecule has 0 saturated heterocycles. The Morgan fingerprint density at radius 3 is 2.90 bits per heavy atom. The van der Waals surface area contributed by atoms with Gasteiger partial charge in [0.2, 0.25) is 0 Å². The molecule has 1 saturated carbocycles. The van der Waals surface area contributed by atoms with Gasteiger partial charge in [0, 0.05) is 11.3 Å². The molecule has 1 aromatic carbocycles. The molecule has 1 aliphatic carbocycles. The first-order valence-corrected chi connectivity index (χ1v) is 6.98. The second-order valence-corrected chi connectivity index (χ2v) is 5.52. The van der Waals surface area contributed by atoms with Crippen LogP contribution in [0.15, 0.2) is 17.5 Å². The fourth-order valence-electron chi connectivity index (χ4n) is 1.95. The molecule has 20 heavy (non-hydrogen) atoms. The molecule has 0 aliphatic heterocycles. The molecule has 1 heterocycles. The first kappa shape index (κ1) is 12.9. The molecule has 5 nitrogen and oxygen atoms in total. The van der Waals surface area contributed by atoms with Gasteiger partial charge in [-0.15, -0.1) is 11.3 Å². The lowest BCUT2D eigenvalue weighted by atomic mass is 10.1. The summed E-state index contributed by atoms with van der Waals surface area (Å²) < 4.78 is 13.3. The number of nitrogen functional groups attached to an aromatic ring is 1. The van der Waals surface area contributed by atoms with Crippen LogP contribution in [0.3, 0.4) is 0 Å². The maximum absolute atomic E-state index is 13.3. The quantitative estimate of drug-likeness (QED) is 0.753. The summed E-state index contributed by atoms with van der Waals surface area (Å²) in [5.41, 5.74) is 6.11. The van der Waals surface area contributed by atoms with E-state index in [1.807, 2.05) is 5.38 Å². The Labute approximate surface area is 118 Å². The van der Waals surface area contributed by atoms with Gasteiger partial charge in [-0.1, -0.05) is 0 Å². The highest BCUT2D eigenvalue weighted by molar-refractivity contribution is 7.13. The summed E-state index contributed by atoms with van der Waals surface area (Å²) in [5, 5.41) is 14.6. The van der Waals surface area contributed by atoms with Gasteiger partial charge in [-0.25, -0.2) is 14.2 Å². The van der Waals surface area contributed by atoms with Crippen LogP contribution < -0.4 is 11.1 Å². The van der Waals surface area contributed by atoms with Crippen LogP contribution in [0.4, 0.5) is 20.9 Å². The molecular formula is C13H12FN3O2S. The number of anilines is 3. The van der Waals surface area contributed by atoms with Gasteiger partial charge in [0.05, 0.1) is 17.1 Å². The molecule has 1 fully saturated rings. The molecule has 0 spiro atoms. The number of nitrogens with one attached hydrogen (secondary N) is 1. The van der Waals surface area contributed by atoms with Crippen LogP contribution in [0.5, 0.6) is 0 Å². The average Bonchev–Trinajstić information content (AvgIpc) is 3.15. The number of benzene rings is 1. The summed E-state index contributed by atoms with van der Waals surface area (Å²) in [5.74, 6) is -1.49. The van der Waals surface area contributed by atoms with Crippen LogP contribution in [0.1, 0.15) is 34.8 Å². The fraction of sp³-hybridized carbons (Fsp3) is 0.231. The molecule has 104 valence electrons. The minimum Gasteiger partial charge on any atom is -0.478 e. The van der Waals surface area contributed by atoms with Crippen LogP contribution in [0, 0.1) is 5.82 Å². The van der Waals surface area contributed by atoms with Gasteiger partial charge in [-0.3, -0.25) is 0 Å². The SMILES string of the molecule is Nc1c(F)ccc(Nc2nc(C3CC3)cs2)c1C(=O)O. The predicted octanol–water partition coefficient (Wildman–Crippen LogP) is 3.18. The second kappa shape index (κ2) is 4.75. The Kier molecular flexibility index (Phi) is 3.06. The Hall–Kier alpha value is -2.15. The van der Waals surface area contributed by atoms with Crippen molar-refractivity contribution in [3.05, 3.63) is 34.6 Å². The van der Waals surface area contributed by atoms with E-state index < -0.39 is 11.8 Å². The highest BCUT2D eigenvalue weighted by atomic mass is 32.1. The molecule has 0 radical (unpaired) electrons. The van der Waals surface area contributed by atoms with Crippen molar-refractivity contribution in [1.29, 1.82) is 0 Å². The van der Waals surface area contributed by atoms with Crippen LogP contribution >= 0.6 is 11.3 Å². The highest BCUT2D eigenvalue weighted by Crippen LogP contribution is 2.41. The number of hydrogen-bond donors (Lipinski definition) is 3. The summed E-state index contributed by atoms with van der Waals surface area (Å²) in [4.78, 5) is 15.6. The number of aromatic nitrogens is 1. The minimum atomic E-state index is -1.27. The van der Waals surface area contributed by atoms with Crippen LogP contribution in [-0.4, -0.2) is 16.1 Å². The van der Waals surface area contributed by atoms with E-state index in [-0.39, 0.29) is 16.9 Å². The predicted molar refractivity (Wildman–Crippen MR) is 75.1 cm³/mol. The number of hydrogen-bond acceptors (Lipinski definition) is 5. The third kappa shape index (κ3) is 2.32. The number of carbonyl (C=O) groups is 1. The minimum absolute atomic E-state index is 0.244. The van der Waals surface area contributed by atoms with Crippen molar-refractivity contribution in [3.8, 4) is 0 Å². The number of carboxylic acid groups (broad SMARTS) is 1. The Bertz CT molecular complexity index is 682. The Morgan fingerprint density at radius 1 is 1.50 bits per heavy atom. The van der Waals surface area contributed by atoms with Gasteiger partial charge in [0.25, 0.3) is 0 Å². The van der Waals surface area contributed by atoms with E-state index in [1.165, 1.54) is 17.4 Å². The average molecular weight is 293 g/mol. The van der Waals surface area contributed by atoms with E-state index in [0.717, 1.165) is 24.6 Å².